The van der Waals surface area contributed by atoms with Crippen LogP contribution in [0, 0.1) is 5.92 Å². The van der Waals surface area contributed by atoms with Gasteiger partial charge in [0.1, 0.15) is 5.54 Å². The number of carbonyl (C=O) groups excluding carboxylic acids is 1. The van der Waals surface area contributed by atoms with Crippen LogP contribution in [0.2, 0.25) is 0 Å². The summed E-state index contributed by atoms with van der Waals surface area (Å²) in [6, 6.07) is 20.2. The summed E-state index contributed by atoms with van der Waals surface area (Å²) in [5, 5.41) is 3.13. The lowest BCUT2D eigenvalue weighted by Gasteiger charge is -2.45. The molecule has 1 saturated carbocycles. The van der Waals surface area contributed by atoms with Crippen LogP contribution in [-0.4, -0.2) is 42.1 Å². The number of hydrogen-bond donors (Lipinski definition) is 1. The van der Waals surface area contributed by atoms with Gasteiger partial charge in [-0.15, -0.1) is 12.4 Å². The van der Waals surface area contributed by atoms with Crippen molar-refractivity contribution >= 4 is 24.0 Å². The normalized spacial score (nSPS) is 29.2. The van der Waals surface area contributed by atoms with Crippen LogP contribution in [0.5, 0.6) is 0 Å². The number of rotatable bonds is 2. The van der Waals surface area contributed by atoms with Gasteiger partial charge in [0.2, 0.25) is 5.91 Å². The minimum Gasteiger partial charge on any atom is -0.339 e. The number of hydrogen-bond acceptors (Lipinski definition) is 3. The molecule has 164 valence electrons. The summed E-state index contributed by atoms with van der Waals surface area (Å²) < 4.78 is 0. The van der Waals surface area contributed by atoms with E-state index in [2.05, 4.69) is 63.6 Å². The molecule has 1 spiro atoms. The number of fused-ring (bicyclic) bond motifs is 3. The van der Waals surface area contributed by atoms with Crippen LogP contribution >= 0.6 is 12.4 Å². The monoisotopic (exact) mass is 437 g/mol. The molecule has 2 aliphatic heterocycles. The van der Waals surface area contributed by atoms with Crippen molar-refractivity contribution in [3.63, 3.8) is 0 Å². The standard InChI is InChI=1S/C26H31N3O.ClH/c30-25-26(29(18-27-25)21-7-2-1-3-8-21)12-14-28(15-13-26)22-16-20-11-10-19-6-4-5-9-23(19)24(20)17-22;/h1-9,20,22,24H,10-18H2,(H,27,30);1H. The zero-order valence-corrected chi connectivity index (χ0v) is 18.8. The van der Waals surface area contributed by atoms with E-state index in [0.717, 1.165) is 43.5 Å². The van der Waals surface area contributed by atoms with E-state index in [9.17, 15) is 4.79 Å². The van der Waals surface area contributed by atoms with E-state index in [1.54, 1.807) is 11.1 Å². The number of nitrogens with zero attached hydrogens (tertiary/aromatic N) is 2. The smallest absolute Gasteiger partial charge is 0.247 e. The van der Waals surface area contributed by atoms with E-state index >= 15 is 0 Å². The molecule has 2 aromatic rings. The van der Waals surface area contributed by atoms with E-state index in [1.807, 2.05) is 6.07 Å². The third kappa shape index (κ3) is 3.35. The molecule has 3 atom stereocenters. The molecule has 2 heterocycles. The molecule has 2 saturated heterocycles. The summed E-state index contributed by atoms with van der Waals surface area (Å²) in [6.07, 6.45) is 7.08. The van der Waals surface area contributed by atoms with Crippen molar-refractivity contribution in [2.75, 3.05) is 24.7 Å². The number of piperidine rings is 1. The minimum atomic E-state index is -0.365. The lowest BCUT2D eigenvalue weighted by Crippen LogP contribution is -2.57. The van der Waals surface area contributed by atoms with Gasteiger partial charge in [0.15, 0.2) is 0 Å². The fourth-order valence-electron chi connectivity index (χ4n) is 6.85. The summed E-state index contributed by atoms with van der Waals surface area (Å²) in [6.45, 7) is 2.69. The Labute approximate surface area is 191 Å². The molecule has 6 rings (SSSR count). The second kappa shape index (κ2) is 8.14. The largest absolute Gasteiger partial charge is 0.339 e. The van der Waals surface area contributed by atoms with E-state index < -0.39 is 0 Å². The predicted octanol–water partition coefficient (Wildman–Crippen LogP) is 4.35. The van der Waals surface area contributed by atoms with Crippen molar-refractivity contribution in [3.8, 4) is 0 Å². The van der Waals surface area contributed by atoms with E-state index in [4.69, 9.17) is 0 Å². The number of benzene rings is 2. The van der Waals surface area contributed by atoms with Crippen LogP contribution in [0.25, 0.3) is 0 Å². The van der Waals surface area contributed by atoms with Gasteiger partial charge in [0, 0.05) is 24.8 Å². The maximum atomic E-state index is 12.9. The number of likely N-dealkylation sites (tertiary alicyclic amines) is 1. The Kier molecular flexibility index (Phi) is 5.47. The number of nitrogens with one attached hydrogen (secondary N) is 1. The fraction of sp³-hybridized carbons (Fsp3) is 0.500. The Morgan fingerprint density at radius 2 is 1.68 bits per heavy atom. The molecule has 31 heavy (non-hydrogen) atoms. The Bertz CT molecular complexity index is 941. The topological polar surface area (TPSA) is 35.6 Å². The Morgan fingerprint density at radius 1 is 0.935 bits per heavy atom. The predicted molar refractivity (Wildman–Crippen MR) is 127 cm³/mol. The van der Waals surface area contributed by atoms with Crippen molar-refractivity contribution in [2.45, 2.75) is 56.0 Å². The molecule has 2 aromatic carbocycles. The fourth-order valence-corrected chi connectivity index (χ4v) is 6.85. The molecule has 3 fully saturated rings. The molecule has 1 amide bonds. The van der Waals surface area contributed by atoms with Gasteiger partial charge in [0.05, 0.1) is 6.67 Å². The number of aryl methyl sites for hydroxylation is 1. The van der Waals surface area contributed by atoms with Gasteiger partial charge < -0.3 is 15.1 Å². The Morgan fingerprint density at radius 3 is 2.48 bits per heavy atom. The van der Waals surface area contributed by atoms with Gasteiger partial charge in [-0.3, -0.25) is 4.79 Å². The maximum Gasteiger partial charge on any atom is 0.247 e. The van der Waals surface area contributed by atoms with Gasteiger partial charge in [-0.1, -0.05) is 42.5 Å². The van der Waals surface area contributed by atoms with Gasteiger partial charge in [-0.25, -0.2) is 0 Å². The summed E-state index contributed by atoms with van der Waals surface area (Å²) >= 11 is 0. The van der Waals surface area contributed by atoms with Crippen molar-refractivity contribution in [2.24, 2.45) is 5.92 Å². The minimum absolute atomic E-state index is 0. The molecule has 4 nitrogen and oxygen atoms in total. The highest BCUT2D eigenvalue weighted by Crippen LogP contribution is 2.49. The van der Waals surface area contributed by atoms with Crippen molar-refractivity contribution in [3.05, 3.63) is 65.7 Å². The number of halogens is 1. The number of para-hydroxylation sites is 1. The first-order valence-corrected chi connectivity index (χ1v) is 11.7. The first-order chi connectivity index (χ1) is 14.7. The Hall–Kier alpha value is -2.04. The number of amides is 1. The third-order valence-electron chi connectivity index (χ3n) is 8.46. The van der Waals surface area contributed by atoms with Crippen LogP contribution in [-0.2, 0) is 11.2 Å². The van der Waals surface area contributed by atoms with E-state index in [1.165, 1.54) is 25.7 Å². The van der Waals surface area contributed by atoms with Gasteiger partial charge in [-0.05, 0) is 73.6 Å². The van der Waals surface area contributed by atoms with Crippen molar-refractivity contribution < 1.29 is 4.79 Å². The second-order valence-corrected chi connectivity index (χ2v) is 9.72. The average Bonchev–Trinajstić information content (AvgIpc) is 3.37. The van der Waals surface area contributed by atoms with Crippen molar-refractivity contribution in [1.82, 2.24) is 10.2 Å². The van der Waals surface area contributed by atoms with Crippen LogP contribution < -0.4 is 10.2 Å². The second-order valence-electron chi connectivity index (χ2n) is 9.72. The lowest BCUT2D eigenvalue weighted by molar-refractivity contribution is -0.125. The van der Waals surface area contributed by atoms with Gasteiger partial charge >= 0.3 is 0 Å². The highest BCUT2D eigenvalue weighted by molar-refractivity contribution is 5.93. The zero-order valence-electron chi connectivity index (χ0n) is 18.0. The summed E-state index contributed by atoms with van der Waals surface area (Å²) in [5.41, 5.74) is 4.00. The first-order valence-electron chi connectivity index (χ1n) is 11.7. The van der Waals surface area contributed by atoms with Gasteiger partial charge in [-0.2, -0.15) is 0 Å². The Balaban J connectivity index is 0.00000204. The highest BCUT2D eigenvalue weighted by Gasteiger charge is 2.51. The molecule has 1 N–H and O–H groups in total. The summed E-state index contributed by atoms with van der Waals surface area (Å²) in [7, 11) is 0. The van der Waals surface area contributed by atoms with Crippen LogP contribution in [0.1, 0.15) is 49.1 Å². The number of anilines is 1. The zero-order chi connectivity index (χ0) is 20.1. The SMILES string of the molecule is Cl.O=C1NCN(c2ccccc2)C12CCN(C1CC3CCc4ccccc4C3C1)CC2. The van der Waals surface area contributed by atoms with Crippen LogP contribution in [0.15, 0.2) is 54.6 Å². The molecule has 0 radical (unpaired) electrons. The first kappa shape index (κ1) is 20.8. The molecular formula is C26H32ClN3O. The summed E-state index contributed by atoms with van der Waals surface area (Å²) in [5.74, 6) is 1.81. The van der Waals surface area contributed by atoms with Crippen LogP contribution in [0.4, 0.5) is 5.69 Å². The van der Waals surface area contributed by atoms with E-state index in [0.29, 0.717) is 12.7 Å². The van der Waals surface area contributed by atoms with Crippen molar-refractivity contribution in [1.29, 1.82) is 0 Å². The molecule has 0 bridgehead atoms. The van der Waals surface area contributed by atoms with Crippen LogP contribution in [0.3, 0.4) is 0 Å². The van der Waals surface area contributed by atoms with Gasteiger partial charge in [0.25, 0.3) is 0 Å². The molecular weight excluding hydrogens is 406 g/mol. The molecule has 5 heteroatoms. The lowest BCUT2D eigenvalue weighted by atomic mass is 9.77. The third-order valence-corrected chi connectivity index (χ3v) is 8.46. The molecule has 2 aliphatic carbocycles. The number of carbonyl (C=O) groups is 1. The highest BCUT2D eigenvalue weighted by atomic mass is 35.5. The molecule has 0 aromatic heterocycles. The molecule has 4 aliphatic rings. The molecule has 3 unspecified atom stereocenters. The average molecular weight is 438 g/mol. The quantitative estimate of drug-likeness (QED) is 0.758. The maximum absolute atomic E-state index is 12.9. The van der Waals surface area contributed by atoms with E-state index in [-0.39, 0.29) is 23.9 Å². The summed E-state index contributed by atoms with van der Waals surface area (Å²) in [4.78, 5) is 18.0.